The lowest BCUT2D eigenvalue weighted by Crippen LogP contribution is -2.37. The molecule has 1 aliphatic heterocycles. The van der Waals surface area contributed by atoms with Gasteiger partial charge < -0.3 is 10.3 Å². The molecule has 1 fully saturated rings. The molecule has 78 valence electrons. The monoisotopic (exact) mass is 213 g/mol. The molecule has 1 aliphatic rings. The third-order valence-corrected chi connectivity index (χ3v) is 3.65. The zero-order chi connectivity index (χ0) is 10.2. The van der Waals surface area contributed by atoms with Crippen LogP contribution in [-0.2, 0) is 5.54 Å². The van der Waals surface area contributed by atoms with Gasteiger partial charge in [-0.25, -0.2) is 0 Å². The zero-order valence-electron chi connectivity index (χ0n) is 8.49. The molecule has 0 radical (unpaired) electrons. The first-order chi connectivity index (χ1) is 6.62. The standard InChI is InChI=1S/C9H15N3OS/c1-6(2)7-11-8(12-13-7)9(10)3-4-14-5-9/h6H,3-5,10H2,1-2H3. The third kappa shape index (κ3) is 1.66. The van der Waals surface area contributed by atoms with Crippen LogP contribution in [0.5, 0.6) is 0 Å². The van der Waals surface area contributed by atoms with Gasteiger partial charge in [0.15, 0.2) is 5.82 Å². The van der Waals surface area contributed by atoms with E-state index in [1.807, 2.05) is 25.6 Å². The molecule has 1 atom stereocenters. The molecule has 14 heavy (non-hydrogen) atoms. The molecule has 2 rings (SSSR count). The van der Waals surface area contributed by atoms with Crippen molar-refractivity contribution in [2.24, 2.45) is 5.73 Å². The lowest BCUT2D eigenvalue weighted by Gasteiger charge is -2.16. The fourth-order valence-electron chi connectivity index (χ4n) is 1.43. The van der Waals surface area contributed by atoms with Crippen LogP contribution in [0.3, 0.4) is 0 Å². The summed E-state index contributed by atoms with van der Waals surface area (Å²) in [5, 5.41) is 3.97. The maximum atomic E-state index is 6.19. The SMILES string of the molecule is CC(C)c1nc(C2(N)CCSC2)no1. The molecule has 0 saturated carbocycles. The van der Waals surface area contributed by atoms with E-state index in [1.54, 1.807) is 0 Å². The highest BCUT2D eigenvalue weighted by atomic mass is 32.2. The number of nitrogens with two attached hydrogens (primary N) is 1. The van der Waals surface area contributed by atoms with Gasteiger partial charge in [0.1, 0.15) is 0 Å². The normalized spacial score (nSPS) is 27.4. The predicted octanol–water partition coefficient (Wildman–Crippen LogP) is 1.48. The number of aromatic nitrogens is 2. The first-order valence-electron chi connectivity index (χ1n) is 4.82. The van der Waals surface area contributed by atoms with E-state index in [9.17, 15) is 0 Å². The van der Waals surface area contributed by atoms with E-state index in [-0.39, 0.29) is 11.5 Å². The van der Waals surface area contributed by atoms with Crippen LogP contribution < -0.4 is 5.73 Å². The van der Waals surface area contributed by atoms with E-state index in [1.165, 1.54) is 0 Å². The second-order valence-electron chi connectivity index (χ2n) is 4.07. The molecule has 2 heterocycles. The Balaban J connectivity index is 2.23. The van der Waals surface area contributed by atoms with Crippen molar-refractivity contribution in [3.05, 3.63) is 11.7 Å². The Kier molecular flexibility index (Phi) is 2.53. The van der Waals surface area contributed by atoms with Crippen LogP contribution in [0.25, 0.3) is 0 Å². The maximum Gasteiger partial charge on any atom is 0.229 e. The second kappa shape index (κ2) is 3.55. The zero-order valence-corrected chi connectivity index (χ0v) is 9.30. The third-order valence-electron chi connectivity index (χ3n) is 2.43. The van der Waals surface area contributed by atoms with Gasteiger partial charge in [-0.3, -0.25) is 0 Å². The number of hydrogen-bond donors (Lipinski definition) is 1. The molecule has 0 aromatic carbocycles. The highest BCUT2D eigenvalue weighted by Crippen LogP contribution is 2.33. The molecule has 4 nitrogen and oxygen atoms in total. The van der Waals surface area contributed by atoms with E-state index in [4.69, 9.17) is 10.3 Å². The molecule has 0 spiro atoms. The molecule has 2 N–H and O–H groups in total. The van der Waals surface area contributed by atoms with E-state index >= 15 is 0 Å². The van der Waals surface area contributed by atoms with E-state index in [0.717, 1.165) is 17.9 Å². The Labute approximate surface area is 87.6 Å². The smallest absolute Gasteiger partial charge is 0.229 e. The number of nitrogens with zero attached hydrogens (tertiary/aromatic N) is 2. The summed E-state index contributed by atoms with van der Waals surface area (Å²) in [4.78, 5) is 4.35. The summed E-state index contributed by atoms with van der Waals surface area (Å²) in [5.74, 6) is 3.60. The molecule has 0 bridgehead atoms. The molecular formula is C9H15N3OS. The number of thioether (sulfide) groups is 1. The molecule has 1 saturated heterocycles. The van der Waals surface area contributed by atoms with Crippen LogP contribution in [-0.4, -0.2) is 21.6 Å². The molecular weight excluding hydrogens is 198 g/mol. The minimum absolute atomic E-state index is 0.272. The quantitative estimate of drug-likeness (QED) is 0.806. The first kappa shape index (κ1) is 9.98. The molecule has 1 aromatic rings. The van der Waals surface area contributed by atoms with Crippen molar-refractivity contribution in [3.8, 4) is 0 Å². The second-order valence-corrected chi connectivity index (χ2v) is 5.17. The van der Waals surface area contributed by atoms with Crippen molar-refractivity contribution in [1.82, 2.24) is 10.1 Å². The summed E-state index contributed by atoms with van der Waals surface area (Å²) in [6.45, 7) is 4.06. The van der Waals surface area contributed by atoms with E-state index in [2.05, 4.69) is 10.1 Å². The predicted molar refractivity (Wildman–Crippen MR) is 56.2 cm³/mol. The summed E-state index contributed by atoms with van der Waals surface area (Å²) in [7, 11) is 0. The van der Waals surface area contributed by atoms with E-state index < -0.39 is 0 Å². The Bertz CT molecular complexity index is 318. The van der Waals surface area contributed by atoms with Crippen LogP contribution >= 0.6 is 11.8 Å². The summed E-state index contributed by atoms with van der Waals surface area (Å²) in [6.07, 6.45) is 0.939. The molecule has 0 amide bonds. The lowest BCUT2D eigenvalue weighted by molar-refractivity contribution is 0.347. The average molecular weight is 213 g/mol. The summed E-state index contributed by atoms with van der Waals surface area (Å²) < 4.78 is 5.15. The minimum Gasteiger partial charge on any atom is -0.339 e. The van der Waals surface area contributed by atoms with Gasteiger partial charge in [-0.15, -0.1) is 0 Å². The molecule has 5 heteroatoms. The van der Waals surface area contributed by atoms with Gasteiger partial charge in [0, 0.05) is 11.7 Å². The van der Waals surface area contributed by atoms with Crippen molar-refractivity contribution >= 4 is 11.8 Å². The Morgan fingerprint density at radius 2 is 2.36 bits per heavy atom. The molecule has 0 aliphatic carbocycles. The van der Waals surface area contributed by atoms with Gasteiger partial charge >= 0.3 is 0 Å². The highest BCUT2D eigenvalue weighted by molar-refractivity contribution is 7.99. The van der Waals surface area contributed by atoms with Crippen LogP contribution in [0.2, 0.25) is 0 Å². The topological polar surface area (TPSA) is 64.9 Å². The molecule has 1 aromatic heterocycles. The Morgan fingerprint density at radius 1 is 1.57 bits per heavy atom. The Hall–Kier alpha value is -0.550. The van der Waals surface area contributed by atoms with Crippen molar-refractivity contribution in [2.45, 2.75) is 31.7 Å². The molecule has 1 unspecified atom stereocenters. The first-order valence-corrected chi connectivity index (χ1v) is 5.98. The van der Waals surface area contributed by atoms with Gasteiger partial charge in [-0.1, -0.05) is 19.0 Å². The maximum absolute atomic E-state index is 6.19. The highest BCUT2D eigenvalue weighted by Gasteiger charge is 2.36. The van der Waals surface area contributed by atoms with Crippen molar-refractivity contribution in [3.63, 3.8) is 0 Å². The van der Waals surface area contributed by atoms with Crippen LogP contribution in [0.1, 0.15) is 37.9 Å². The summed E-state index contributed by atoms with van der Waals surface area (Å²) in [5.41, 5.74) is 5.83. The fourth-order valence-corrected chi connectivity index (χ4v) is 2.72. The van der Waals surface area contributed by atoms with Crippen molar-refractivity contribution in [1.29, 1.82) is 0 Å². The van der Waals surface area contributed by atoms with Crippen LogP contribution in [0, 0.1) is 0 Å². The average Bonchev–Trinajstić information content (AvgIpc) is 2.71. The van der Waals surface area contributed by atoms with Gasteiger partial charge in [0.25, 0.3) is 0 Å². The number of rotatable bonds is 2. The van der Waals surface area contributed by atoms with Crippen molar-refractivity contribution in [2.75, 3.05) is 11.5 Å². The van der Waals surface area contributed by atoms with Crippen molar-refractivity contribution < 1.29 is 4.52 Å². The van der Waals surface area contributed by atoms with Gasteiger partial charge in [0.05, 0.1) is 5.54 Å². The van der Waals surface area contributed by atoms with Gasteiger partial charge in [-0.2, -0.15) is 16.7 Å². The van der Waals surface area contributed by atoms with Crippen LogP contribution in [0.4, 0.5) is 0 Å². The minimum atomic E-state index is -0.360. The van der Waals surface area contributed by atoms with Crippen LogP contribution in [0.15, 0.2) is 4.52 Å². The van der Waals surface area contributed by atoms with Gasteiger partial charge in [0.2, 0.25) is 5.89 Å². The number of hydrogen-bond acceptors (Lipinski definition) is 5. The largest absolute Gasteiger partial charge is 0.339 e. The lowest BCUT2D eigenvalue weighted by atomic mass is 10.00. The Morgan fingerprint density at radius 3 is 2.86 bits per heavy atom. The van der Waals surface area contributed by atoms with E-state index in [0.29, 0.717) is 11.7 Å². The summed E-state index contributed by atoms with van der Waals surface area (Å²) >= 11 is 1.85. The summed E-state index contributed by atoms with van der Waals surface area (Å²) in [6, 6.07) is 0. The fraction of sp³-hybridized carbons (Fsp3) is 0.778. The van der Waals surface area contributed by atoms with Gasteiger partial charge in [-0.05, 0) is 12.2 Å².